The molecule has 0 aliphatic rings. The minimum absolute atomic E-state index is 0.0441. The Morgan fingerprint density at radius 2 is 2.22 bits per heavy atom. The van der Waals surface area contributed by atoms with Crippen LogP contribution < -0.4 is 10.6 Å². The van der Waals surface area contributed by atoms with E-state index < -0.39 is 5.25 Å². The normalized spacial score (nSPS) is 11.7. The van der Waals surface area contributed by atoms with Gasteiger partial charge in [0.05, 0.1) is 11.0 Å². The summed E-state index contributed by atoms with van der Waals surface area (Å²) < 4.78 is 4.85. The van der Waals surface area contributed by atoms with Crippen molar-refractivity contribution in [3.05, 3.63) is 30.2 Å². The van der Waals surface area contributed by atoms with Gasteiger partial charge in [0.25, 0.3) is 0 Å². The van der Waals surface area contributed by atoms with Crippen molar-refractivity contribution in [2.24, 2.45) is 0 Å². The van der Waals surface area contributed by atoms with Gasteiger partial charge in [0.1, 0.15) is 5.76 Å². The first-order chi connectivity index (χ1) is 11.0. The van der Waals surface area contributed by atoms with E-state index in [2.05, 4.69) is 20.8 Å². The Kier molecular flexibility index (Phi) is 5.58. The lowest BCUT2D eigenvalue weighted by molar-refractivity contribution is -0.115. The minimum atomic E-state index is -0.463. The van der Waals surface area contributed by atoms with Crippen molar-refractivity contribution in [1.29, 1.82) is 0 Å². The van der Waals surface area contributed by atoms with Crippen LogP contribution in [0.3, 0.4) is 0 Å². The number of aromatic nitrogens is 2. The summed E-state index contributed by atoms with van der Waals surface area (Å²) in [5, 5.41) is 17.8. The standard InChI is InChI=1S/C14H16N4O4S/c1-8-6-11(18-22-8)16-14(21)9(2)23-7-12(20)17-13-10(19)4-3-5-15-13/h3-6,9,19H,7H2,1-2H3,(H,15,17,20)(H,16,18,21)/t9-/m1/s1. The number of rotatable bonds is 6. The quantitative estimate of drug-likeness (QED) is 0.736. The van der Waals surface area contributed by atoms with Gasteiger partial charge in [-0.15, -0.1) is 11.8 Å². The molecule has 0 aliphatic carbocycles. The van der Waals surface area contributed by atoms with E-state index in [1.165, 1.54) is 12.3 Å². The number of nitrogens with zero attached hydrogens (tertiary/aromatic N) is 2. The van der Waals surface area contributed by atoms with Crippen molar-refractivity contribution in [2.45, 2.75) is 19.1 Å². The van der Waals surface area contributed by atoms with Gasteiger partial charge in [-0.2, -0.15) is 0 Å². The molecule has 0 aromatic carbocycles. The third-order valence-electron chi connectivity index (χ3n) is 2.76. The molecular weight excluding hydrogens is 320 g/mol. The van der Waals surface area contributed by atoms with Crippen molar-refractivity contribution in [1.82, 2.24) is 10.1 Å². The van der Waals surface area contributed by atoms with Gasteiger partial charge in [0.2, 0.25) is 11.8 Å². The molecule has 1 atom stereocenters. The Hall–Kier alpha value is -2.55. The fraction of sp³-hybridized carbons (Fsp3) is 0.286. The van der Waals surface area contributed by atoms with Gasteiger partial charge in [0.15, 0.2) is 17.4 Å². The molecule has 0 unspecified atom stereocenters. The van der Waals surface area contributed by atoms with Crippen molar-refractivity contribution in [3.8, 4) is 5.75 Å². The summed E-state index contributed by atoms with van der Waals surface area (Å²) in [6, 6.07) is 4.58. The minimum Gasteiger partial charge on any atom is -0.504 e. The number of aromatic hydroxyl groups is 1. The molecule has 2 aromatic heterocycles. The third kappa shape index (κ3) is 4.99. The zero-order chi connectivity index (χ0) is 16.8. The lowest BCUT2D eigenvalue weighted by Gasteiger charge is -2.10. The van der Waals surface area contributed by atoms with E-state index in [9.17, 15) is 14.7 Å². The number of thioether (sulfide) groups is 1. The second kappa shape index (κ2) is 7.63. The van der Waals surface area contributed by atoms with Crippen LogP contribution in [0.5, 0.6) is 5.75 Å². The van der Waals surface area contributed by atoms with Crippen LogP contribution in [0.2, 0.25) is 0 Å². The molecule has 0 saturated carbocycles. The Balaban J connectivity index is 1.79. The summed E-state index contributed by atoms with van der Waals surface area (Å²) in [5.41, 5.74) is 0. The molecular formula is C14H16N4O4S. The highest BCUT2D eigenvalue weighted by atomic mass is 32.2. The molecule has 2 aromatic rings. The smallest absolute Gasteiger partial charge is 0.238 e. The van der Waals surface area contributed by atoms with Crippen molar-refractivity contribution in [3.63, 3.8) is 0 Å². The number of hydrogen-bond donors (Lipinski definition) is 3. The maximum absolute atomic E-state index is 11.9. The van der Waals surface area contributed by atoms with Crippen LogP contribution in [-0.2, 0) is 9.59 Å². The number of aryl methyl sites for hydroxylation is 1. The predicted octanol–water partition coefficient (Wildman–Crippen LogP) is 1.78. The Morgan fingerprint density at radius 1 is 1.43 bits per heavy atom. The number of anilines is 2. The summed E-state index contributed by atoms with van der Waals surface area (Å²) in [6.45, 7) is 3.40. The summed E-state index contributed by atoms with van der Waals surface area (Å²) in [5.74, 6) is 0.310. The van der Waals surface area contributed by atoms with Gasteiger partial charge in [-0.25, -0.2) is 4.98 Å². The zero-order valence-corrected chi connectivity index (χ0v) is 13.4. The van der Waals surface area contributed by atoms with E-state index in [1.807, 2.05) is 0 Å². The molecule has 23 heavy (non-hydrogen) atoms. The van der Waals surface area contributed by atoms with Gasteiger partial charge in [-0.3, -0.25) is 9.59 Å². The van der Waals surface area contributed by atoms with Gasteiger partial charge in [-0.05, 0) is 26.0 Å². The highest BCUT2D eigenvalue weighted by Gasteiger charge is 2.17. The number of nitrogens with one attached hydrogen (secondary N) is 2. The molecule has 0 bridgehead atoms. The first-order valence-electron chi connectivity index (χ1n) is 6.75. The van der Waals surface area contributed by atoms with E-state index in [1.54, 1.807) is 26.0 Å². The molecule has 8 nitrogen and oxygen atoms in total. The van der Waals surface area contributed by atoms with Gasteiger partial charge in [0, 0.05) is 12.3 Å². The maximum Gasteiger partial charge on any atom is 0.238 e. The molecule has 2 rings (SSSR count). The summed E-state index contributed by atoms with van der Waals surface area (Å²) in [6.07, 6.45) is 1.46. The summed E-state index contributed by atoms with van der Waals surface area (Å²) in [7, 11) is 0. The highest BCUT2D eigenvalue weighted by Crippen LogP contribution is 2.19. The summed E-state index contributed by atoms with van der Waals surface area (Å²) in [4.78, 5) is 27.6. The second-order valence-electron chi connectivity index (χ2n) is 4.68. The average Bonchev–Trinajstić information content (AvgIpc) is 2.92. The zero-order valence-electron chi connectivity index (χ0n) is 12.6. The first-order valence-corrected chi connectivity index (χ1v) is 7.80. The first kappa shape index (κ1) is 16.8. The van der Waals surface area contributed by atoms with E-state index in [0.717, 1.165) is 11.8 Å². The van der Waals surface area contributed by atoms with E-state index in [4.69, 9.17) is 4.52 Å². The SMILES string of the molecule is Cc1cc(NC(=O)[C@@H](C)SCC(=O)Nc2ncccc2O)no1. The van der Waals surface area contributed by atoms with Crippen molar-refractivity contribution >= 4 is 35.2 Å². The van der Waals surface area contributed by atoms with Crippen LogP contribution in [0, 0.1) is 6.92 Å². The fourth-order valence-corrected chi connectivity index (χ4v) is 2.27. The number of pyridine rings is 1. The van der Waals surface area contributed by atoms with Crippen LogP contribution in [0.1, 0.15) is 12.7 Å². The highest BCUT2D eigenvalue weighted by molar-refractivity contribution is 8.01. The van der Waals surface area contributed by atoms with Gasteiger partial charge >= 0.3 is 0 Å². The Labute approximate surface area is 136 Å². The Morgan fingerprint density at radius 3 is 2.87 bits per heavy atom. The van der Waals surface area contributed by atoms with Crippen LogP contribution >= 0.6 is 11.8 Å². The topological polar surface area (TPSA) is 117 Å². The molecule has 2 heterocycles. The third-order valence-corrected chi connectivity index (χ3v) is 3.90. The van der Waals surface area contributed by atoms with Crippen LogP contribution in [0.4, 0.5) is 11.6 Å². The lowest BCUT2D eigenvalue weighted by atomic mass is 10.4. The van der Waals surface area contributed by atoms with Crippen molar-refractivity contribution in [2.75, 3.05) is 16.4 Å². The van der Waals surface area contributed by atoms with Gasteiger partial charge < -0.3 is 20.3 Å². The molecule has 0 saturated heterocycles. The molecule has 9 heteroatoms. The van der Waals surface area contributed by atoms with E-state index >= 15 is 0 Å². The number of hydrogen-bond acceptors (Lipinski definition) is 7. The number of carbonyl (C=O) groups is 2. The second-order valence-corrected chi connectivity index (χ2v) is 6.01. The fourth-order valence-electron chi connectivity index (χ4n) is 1.59. The Bertz CT molecular complexity index is 704. The number of carbonyl (C=O) groups excluding carboxylic acids is 2. The van der Waals surface area contributed by atoms with Gasteiger partial charge in [-0.1, -0.05) is 5.16 Å². The van der Waals surface area contributed by atoms with Crippen LogP contribution in [0.15, 0.2) is 28.9 Å². The van der Waals surface area contributed by atoms with E-state index in [0.29, 0.717) is 11.6 Å². The molecule has 2 amide bonds. The number of amides is 2. The largest absolute Gasteiger partial charge is 0.504 e. The maximum atomic E-state index is 11.9. The average molecular weight is 336 g/mol. The molecule has 0 spiro atoms. The monoisotopic (exact) mass is 336 g/mol. The van der Waals surface area contributed by atoms with Crippen LogP contribution in [0.25, 0.3) is 0 Å². The molecule has 0 radical (unpaired) electrons. The molecule has 0 aliphatic heterocycles. The van der Waals surface area contributed by atoms with Crippen molar-refractivity contribution < 1.29 is 19.2 Å². The van der Waals surface area contributed by atoms with E-state index in [-0.39, 0.29) is 29.1 Å². The molecule has 0 fully saturated rings. The summed E-state index contributed by atoms with van der Waals surface area (Å²) >= 11 is 1.15. The predicted molar refractivity (Wildman–Crippen MR) is 86.3 cm³/mol. The molecule has 122 valence electrons. The van der Waals surface area contributed by atoms with Crippen LogP contribution in [-0.4, -0.2) is 38.1 Å². The molecule has 3 N–H and O–H groups in total. The lowest BCUT2D eigenvalue weighted by Crippen LogP contribution is -2.25.